The number of alkyl halides is 6. The highest BCUT2D eigenvalue weighted by Crippen LogP contribution is 2.65. The zero-order chi connectivity index (χ0) is 27.7. The lowest BCUT2D eigenvalue weighted by Gasteiger charge is -2.57. The molecule has 1 saturated heterocycles. The fraction of sp³-hybridized carbons (Fsp3) is 0.643. The molecule has 0 bridgehead atoms. The Morgan fingerprint density at radius 3 is 2.24 bits per heavy atom. The van der Waals surface area contributed by atoms with Gasteiger partial charge in [-0.15, -0.1) is 0 Å². The van der Waals surface area contributed by atoms with Crippen LogP contribution in [0.2, 0.25) is 0 Å². The Balaban J connectivity index is 1.46. The molecule has 3 aliphatic carbocycles. The van der Waals surface area contributed by atoms with Crippen molar-refractivity contribution in [2.45, 2.75) is 76.7 Å². The van der Waals surface area contributed by atoms with Gasteiger partial charge in [0, 0.05) is 23.5 Å². The summed E-state index contributed by atoms with van der Waals surface area (Å²) in [7, 11) is 0. The lowest BCUT2D eigenvalue weighted by atomic mass is 9.49. The van der Waals surface area contributed by atoms with Crippen molar-refractivity contribution in [3.05, 3.63) is 47.7 Å². The van der Waals surface area contributed by atoms with Gasteiger partial charge in [0.2, 0.25) is 11.8 Å². The third-order valence-corrected chi connectivity index (χ3v) is 10.3. The summed E-state index contributed by atoms with van der Waals surface area (Å²) >= 11 is 0. The SMILES string of the molecule is C[C@]12CCC(=O)NC1=CC[C@@H]1[C@@H]2CC[C@]2(C)C(C(=O)NC(c3ccccc3)(C(F)(F)F)C(F)(F)F)CC[C@@H]12. The lowest BCUT2D eigenvalue weighted by Crippen LogP contribution is -2.66. The monoisotopic (exact) mass is 542 g/mol. The van der Waals surface area contributed by atoms with Crippen LogP contribution in [0.5, 0.6) is 0 Å². The maximum atomic E-state index is 14.3. The van der Waals surface area contributed by atoms with Crippen LogP contribution >= 0.6 is 0 Å². The van der Waals surface area contributed by atoms with Gasteiger partial charge in [-0.3, -0.25) is 9.59 Å². The molecule has 0 radical (unpaired) electrons. The summed E-state index contributed by atoms with van der Waals surface area (Å²) in [6.45, 7) is 4.00. The van der Waals surface area contributed by atoms with Crippen LogP contribution in [0.1, 0.15) is 64.4 Å². The highest BCUT2D eigenvalue weighted by atomic mass is 19.4. The highest BCUT2D eigenvalue weighted by molar-refractivity contribution is 5.81. The Morgan fingerprint density at radius 2 is 1.61 bits per heavy atom. The van der Waals surface area contributed by atoms with E-state index in [4.69, 9.17) is 0 Å². The number of nitrogens with one attached hydrogen (secondary N) is 2. The zero-order valence-corrected chi connectivity index (χ0v) is 21.3. The first-order chi connectivity index (χ1) is 17.6. The third kappa shape index (κ3) is 3.79. The Morgan fingerprint density at radius 1 is 0.947 bits per heavy atom. The average Bonchev–Trinajstić information content (AvgIpc) is 3.19. The Kier molecular flexibility index (Phi) is 6.23. The molecule has 1 unspecified atom stereocenters. The molecule has 6 atom stereocenters. The normalized spacial score (nSPS) is 35.4. The van der Waals surface area contributed by atoms with Gasteiger partial charge in [-0.2, -0.15) is 26.3 Å². The highest BCUT2D eigenvalue weighted by Gasteiger charge is 2.73. The van der Waals surface area contributed by atoms with Crippen molar-refractivity contribution in [1.82, 2.24) is 10.6 Å². The first-order valence-electron chi connectivity index (χ1n) is 13.2. The van der Waals surface area contributed by atoms with Crippen LogP contribution in [0, 0.1) is 34.5 Å². The van der Waals surface area contributed by atoms with Crippen molar-refractivity contribution in [3.63, 3.8) is 0 Å². The quantitative estimate of drug-likeness (QED) is 0.435. The van der Waals surface area contributed by atoms with Crippen LogP contribution in [0.25, 0.3) is 0 Å². The van der Waals surface area contributed by atoms with Crippen LogP contribution < -0.4 is 10.6 Å². The topological polar surface area (TPSA) is 58.2 Å². The largest absolute Gasteiger partial charge is 0.424 e. The summed E-state index contributed by atoms with van der Waals surface area (Å²) < 4.78 is 85.9. The number of allylic oxidation sites excluding steroid dienone is 2. The van der Waals surface area contributed by atoms with Gasteiger partial charge in [0.25, 0.3) is 5.54 Å². The fourth-order valence-corrected chi connectivity index (χ4v) is 8.29. The summed E-state index contributed by atoms with van der Waals surface area (Å²) in [6.07, 6.45) is -5.74. The van der Waals surface area contributed by atoms with E-state index < -0.39 is 40.7 Å². The van der Waals surface area contributed by atoms with Crippen molar-refractivity contribution < 1.29 is 35.9 Å². The second-order valence-electron chi connectivity index (χ2n) is 12.0. The molecule has 5 rings (SSSR count). The number of halogens is 6. The van der Waals surface area contributed by atoms with Crippen molar-refractivity contribution in [2.24, 2.45) is 34.5 Å². The van der Waals surface area contributed by atoms with E-state index in [1.807, 2.05) is 13.0 Å². The number of piperidine rings is 1. The summed E-state index contributed by atoms with van der Waals surface area (Å²) in [4.78, 5) is 25.5. The number of fused-ring (bicyclic) bond motifs is 5. The molecule has 208 valence electrons. The van der Waals surface area contributed by atoms with Crippen molar-refractivity contribution >= 4 is 11.8 Å². The Bertz CT molecular complexity index is 1130. The molecule has 38 heavy (non-hydrogen) atoms. The molecular formula is C28H32F6N2O2. The second kappa shape index (κ2) is 8.74. The zero-order valence-electron chi connectivity index (χ0n) is 21.3. The standard InChI is InChI=1S/C28H32F6N2O2/c1-24-14-12-19-17(8-11-21-25(19,2)15-13-22(37)35-21)18(24)9-10-20(24)23(38)36-26(27(29,30)31,28(32,33)34)16-6-4-3-5-7-16/h3-7,11,17-20H,8-10,12-15H2,1-2H3,(H,35,37)(H,36,38)/t17-,18-,19-,20?,24-,25+/m0/s1. The number of benzene rings is 1. The van der Waals surface area contributed by atoms with Gasteiger partial charge >= 0.3 is 12.4 Å². The van der Waals surface area contributed by atoms with E-state index >= 15 is 0 Å². The lowest BCUT2D eigenvalue weighted by molar-refractivity contribution is -0.312. The van der Waals surface area contributed by atoms with Crippen LogP contribution in [-0.2, 0) is 15.1 Å². The molecule has 4 nitrogen and oxygen atoms in total. The molecule has 1 heterocycles. The number of carbonyl (C=O) groups excluding carboxylic acids is 2. The van der Waals surface area contributed by atoms with Gasteiger partial charge in [0.05, 0.1) is 0 Å². The van der Waals surface area contributed by atoms with Crippen LogP contribution in [0.4, 0.5) is 26.3 Å². The number of hydrogen-bond donors (Lipinski definition) is 2. The second-order valence-corrected chi connectivity index (χ2v) is 12.0. The molecule has 3 fully saturated rings. The van der Waals surface area contributed by atoms with Crippen molar-refractivity contribution in [2.75, 3.05) is 0 Å². The van der Waals surface area contributed by atoms with Gasteiger partial charge in [-0.1, -0.05) is 50.3 Å². The minimum atomic E-state index is -5.80. The Labute approximate surface area is 217 Å². The molecule has 2 amide bonds. The molecule has 1 aromatic carbocycles. The smallest absolute Gasteiger partial charge is 0.331 e. The van der Waals surface area contributed by atoms with Gasteiger partial charge in [0.1, 0.15) is 0 Å². The first-order valence-corrected chi connectivity index (χ1v) is 13.2. The van der Waals surface area contributed by atoms with Gasteiger partial charge in [-0.25, -0.2) is 0 Å². The maximum absolute atomic E-state index is 14.3. The van der Waals surface area contributed by atoms with Crippen LogP contribution in [-0.4, -0.2) is 24.2 Å². The molecule has 1 aromatic rings. The molecule has 2 N–H and O–H groups in total. The predicted octanol–water partition coefficient (Wildman–Crippen LogP) is 6.39. The predicted molar refractivity (Wildman–Crippen MR) is 127 cm³/mol. The molecular weight excluding hydrogens is 510 g/mol. The van der Waals surface area contributed by atoms with E-state index in [9.17, 15) is 35.9 Å². The van der Waals surface area contributed by atoms with E-state index in [0.29, 0.717) is 38.5 Å². The molecule has 2 saturated carbocycles. The van der Waals surface area contributed by atoms with E-state index in [1.165, 1.54) is 11.4 Å². The van der Waals surface area contributed by atoms with Gasteiger partial charge < -0.3 is 10.6 Å². The molecule has 10 heteroatoms. The molecule has 4 aliphatic rings. The van der Waals surface area contributed by atoms with Crippen molar-refractivity contribution in [3.8, 4) is 0 Å². The van der Waals surface area contributed by atoms with E-state index in [-0.39, 0.29) is 35.5 Å². The minimum absolute atomic E-state index is 0.00727. The average molecular weight is 543 g/mol. The van der Waals surface area contributed by atoms with Crippen LogP contribution in [0.3, 0.4) is 0 Å². The summed E-state index contributed by atoms with van der Waals surface area (Å²) in [5.74, 6) is -1.80. The summed E-state index contributed by atoms with van der Waals surface area (Å²) in [6, 6.07) is 5.02. The summed E-state index contributed by atoms with van der Waals surface area (Å²) in [5, 5.41) is 4.51. The number of amides is 2. The van der Waals surface area contributed by atoms with Gasteiger partial charge in [0.15, 0.2) is 0 Å². The maximum Gasteiger partial charge on any atom is 0.424 e. The van der Waals surface area contributed by atoms with E-state index in [0.717, 1.165) is 30.0 Å². The molecule has 0 spiro atoms. The van der Waals surface area contributed by atoms with E-state index in [1.54, 1.807) is 0 Å². The summed E-state index contributed by atoms with van der Waals surface area (Å²) in [5.41, 5.74) is -5.58. The van der Waals surface area contributed by atoms with Gasteiger partial charge in [-0.05, 0) is 67.3 Å². The van der Waals surface area contributed by atoms with E-state index in [2.05, 4.69) is 12.2 Å². The minimum Gasteiger partial charge on any atom is -0.331 e. The number of rotatable bonds is 3. The fourth-order valence-electron chi connectivity index (χ4n) is 8.29. The number of hydrogen-bond acceptors (Lipinski definition) is 2. The first kappa shape index (κ1) is 27.1. The Hall–Kier alpha value is -2.52. The molecule has 1 aliphatic heterocycles. The third-order valence-electron chi connectivity index (χ3n) is 10.3. The van der Waals surface area contributed by atoms with Crippen LogP contribution in [0.15, 0.2) is 42.1 Å². The van der Waals surface area contributed by atoms with Crippen molar-refractivity contribution in [1.29, 1.82) is 0 Å². The number of carbonyl (C=O) groups is 2. The molecule has 0 aromatic heterocycles.